The molecule has 1 heterocycles. The monoisotopic (exact) mass is 396 g/mol. The van der Waals surface area contributed by atoms with E-state index in [9.17, 15) is 14.7 Å². The van der Waals surface area contributed by atoms with Gasteiger partial charge in [0, 0.05) is 19.3 Å². The van der Waals surface area contributed by atoms with Crippen LogP contribution < -0.4 is 5.32 Å². The van der Waals surface area contributed by atoms with E-state index in [1.54, 1.807) is 19.2 Å². The Balaban J connectivity index is 1.61. The van der Waals surface area contributed by atoms with Crippen LogP contribution in [-0.2, 0) is 16.0 Å². The Kier molecular flexibility index (Phi) is 5.90. The standard InChI is InChI=1S/C19H22Cl2N2O3/c1-23-9-8-13(17(24)19(23)26)18(25)22-16(12-4-5-12)7-3-11-2-6-14(20)15(21)10-11/h2,6,8-10,12-13,16-17,24H,3-5,7H2,1H3,(H,22,25). The van der Waals surface area contributed by atoms with Gasteiger partial charge in [-0.1, -0.05) is 35.3 Å². The Labute approximate surface area is 163 Å². The van der Waals surface area contributed by atoms with Crippen LogP contribution in [0.1, 0.15) is 24.8 Å². The molecule has 0 radical (unpaired) electrons. The lowest BCUT2D eigenvalue weighted by Gasteiger charge is -2.28. The summed E-state index contributed by atoms with van der Waals surface area (Å²) in [5.74, 6) is -1.16. The van der Waals surface area contributed by atoms with Crippen LogP contribution in [0, 0.1) is 11.8 Å². The number of rotatable bonds is 6. The second-order valence-corrected chi connectivity index (χ2v) is 7.82. The molecule has 0 bridgehead atoms. The van der Waals surface area contributed by atoms with Gasteiger partial charge in [0.2, 0.25) is 5.91 Å². The van der Waals surface area contributed by atoms with Crippen molar-refractivity contribution in [1.82, 2.24) is 10.2 Å². The van der Waals surface area contributed by atoms with Crippen molar-refractivity contribution in [3.05, 3.63) is 46.1 Å². The van der Waals surface area contributed by atoms with Crippen LogP contribution in [0.25, 0.3) is 0 Å². The molecule has 1 aliphatic carbocycles. The predicted molar refractivity (Wildman–Crippen MR) is 101 cm³/mol. The third-order valence-corrected chi connectivity index (χ3v) is 5.75. The van der Waals surface area contributed by atoms with Crippen molar-refractivity contribution in [2.45, 2.75) is 37.8 Å². The number of aliphatic hydroxyl groups excluding tert-OH is 1. The van der Waals surface area contributed by atoms with Gasteiger partial charge in [0.1, 0.15) is 6.10 Å². The molecule has 2 amide bonds. The zero-order valence-electron chi connectivity index (χ0n) is 14.5. The normalized spacial score (nSPS) is 23.8. The first-order valence-corrected chi connectivity index (χ1v) is 9.50. The molecule has 1 aromatic carbocycles. The smallest absolute Gasteiger partial charge is 0.256 e. The van der Waals surface area contributed by atoms with E-state index in [0.717, 1.165) is 31.2 Å². The van der Waals surface area contributed by atoms with Crippen LogP contribution in [0.4, 0.5) is 0 Å². The van der Waals surface area contributed by atoms with Gasteiger partial charge in [-0.3, -0.25) is 9.59 Å². The van der Waals surface area contributed by atoms with E-state index < -0.39 is 17.9 Å². The molecule has 7 heteroatoms. The molecule has 2 N–H and O–H groups in total. The van der Waals surface area contributed by atoms with E-state index in [0.29, 0.717) is 16.0 Å². The average molecular weight is 397 g/mol. The van der Waals surface area contributed by atoms with Gasteiger partial charge in [-0.15, -0.1) is 0 Å². The summed E-state index contributed by atoms with van der Waals surface area (Å²) in [4.78, 5) is 25.7. The minimum atomic E-state index is -1.33. The van der Waals surface area contributed by atoms with Crippen molar-refractivity contribution < 1.29 is 14.7 Å². The molecule has 3 rings (SSSR count). The van der Waals surface area contributed by atoms with Crippen molar-refractivity contribution in [2.75, 3.05) is 7.05 Å². The predicted octanol–water partition coefficient (Wildman–Crippen LogP) is 2.78. The highest BCUT2D eigenvalue weighted by atomic mass is 35.5. The zero-order chi connectivity index (χ0) is 18.8. The lowest BCUT2D eigenvalue weighted by molar-refractivity contribution is -0.144. The zero-order valence-corrected chi connectivity index (χ0v) is 16.0. The Morgan fingerprint density at radius 3 is 2.73 bits per heavy atom. The highest BCUT2D eigenvalue weighted by Crippen LogP contribution is 2.35. The van der Waals surface area contributed by atoms with Crippen LogP contribution in [0.15, 0.2) is 30.5 Å². The molecule has 0 aromatic heterocycles. The number of carbonyl (C=O) groups is 2. The summed E-state index contributed by atoms with van der Waals surface area (Å²) in [6.07, 6.45) is 5.47. The van der Waals surface area contributed by atoms with Gasteiger partial charge in [0.25, 0.3) is 5.91 Å². The van der Waals surface area contributed by atoms with Crippen molar-refractivity contribution in [1.29, 1.82) is 0 Å². The van der Waals surface area contributed by atoms with Gasteiger partial charge in [-0.25, -0.2) is 0 Å². The summed E-state index contributed by atoms with van der Waals surface area (Å²) < 4.78 is 0. The topological polar surface area (TPSA) is 69.6 Å². The lowest BCUT2D eigenvalue weighted by atomic mass is 9.95. The maximum absolute atomic E-state index is 12.6. The Morgan fingerprint density at radius 2 is 2.08 bits per heavy atom. The number of amides is 2. The molecule has 1 fully saturated rings. The second-order valence-electron chi connectivity index (χ2n) is 7.00. The Bertz CT molecular complexity index is 733. The number of likely N-dealkylation sites (N-methyl/N-ethyl adjacent to an activating group) is 1. The molecule has 1 saturated carbocycles. The number of nitrogens with zero attached hydrogens (tertiary/aromatic N) is 1. The average Bonchev–Trinajstić information content (AvgIpc) is 3.44. The molecule has 3 atom stereocenters. The fourth-order valence-corrected chi connectivity index (χ4v) is 3.53. The molecule has 26 heavy (non-hydrogen) atoms. The molecule has 3 unspecified atom stereocenters. The molecule has 1 aromatic rings. The molecule has 0 spiro atoms. The number of carbonyl (C=O) groups excluding carboxylic acids is 2. The largest absolute Gasteiger partial charge is 0.382 e. The minimum Gasteiger partial charge on any atom is -0.382 e. The van der Waals surface area contributed by atoms with E-state index >= 15 is 0 Å². The fourth-order valence-electron chi connectivity index (χ4n) is 3.21. The summed E-state index contributed by atoms with van der Waals surface area (Å²) in [6.45, 7) is 0. The summed E-state index contributed by atoms with van der Waals surface area (Å²) in [5, 5.41) is 14.2. The maximum atomic E-state index is 12.6. The molecule has 1 aliphatic heterocycles. The fraction of sp³-hybridized carbons (Fsp3) is 0.474. The summed E-state index contributed by atoms with van der Waals surface area (Å²) in [7, 11) is 1.56. The number of halogens is 2. The van der Waals surface area contributed by atoms with Gasteiger partial charge in [0.15, 0.2) is 0 Å². The van der Waals surface area contributed by atoms with Crippen LogP contribution >= 0.6 is 23.2 Å². The second kappa shape index (κ2) is 7.99. The third-order valence-electron chi connectivity index (χ3n) is 5.01. The molecule has 0 saturated heterocycles. The van der Waals surface area contributed by atoms with E-state index in [4.69, 9.17) is 23.2 Å². The Morgan fingerprint density at radius 1 is 1.35 bits per heavy atom. The number of nitrogens with one attached hydrogen (secondary N) is 1. The summed E-state index contributed by atoms with van der Waals surface area (Å²) >= 11 is 12.0. The van der Waals surface area contributed by atoms with Gasteiger partial charge < -0.3 is 15.3 Å². The van der Waals surface area contributed by atoms with Crippen LogP contribution in [0.5, 0.6) is 0 Å². The van der Waals surface area contributed by atoms with Crippen LogP contribution in [-0.4, -0.2) is 41.0 Å². The maximum Gasteiger partial charge on any atom is 0.256 e. The van der Waals surface area contributed by atoms with Gasteiger partial charge in [-0.2, -0.15) is 0 Å². The number of hydrogen-bond donors (Lipinski definition) is 2. The summed E-state index contributed by atoms with van der Waals surface area (Å²) in [5.41, 5.74) is 1.06. The van der Waals surface area contributed by atoms with Gasteiger partial charge in [-0.05, 0) is 49.3 Å². The minimum absolute atomic E-state index is 0.0207. The quantitative estimate of drug-likeness (QED) is 0.776. The SMILES string of the molecule is CN1C=CC(C(=O)NC(CCc2ccc(Cl)c(Cl)c2)C2CC2)C(O)C1=O. The van der Waals surface area contributed by atoms with E-state index in [2.05, 4.69) is 5.32 Å². The molecule has 140 valence electrons. The van der Waals surface area contributed by atoms with E-state index in [1.807, 2.05) is 12.1 Å². The third kappa shape index (κ3) is 4.40. The first kappa shape index (κ1) is 19.2. The molecular formula is C19H22Cl2N2O3. The van der Waals surface area contributed by atoms with Crippen LogP contribution in [0.2, 0.25) is 10.0 Å². The van der Waals surface area contributed by atoms with Crippen molar-refractivity contribution >= 4 is 35.0 Å². The first-order chi connectivity index (χ1) is 12.4. The Hall–Kier alpha value is -1.56. The van der Waals surface area contributed by atoms with Crippen molar-refractivity contribution in [2.24, 2.45) is 11.8 Å². The van der Waals surface area contributed by atoms with Crippen molar-refractivity contribution in [3.63, 3.8) is 0 Å². The number of aliphatic hydroxyl groups is 1. The molecular weight excluding hydrogens is 375 g/mol. The van der Waals surface area contributed by atoms with E-state index in [-0.39, 0.29) is 11.9 Å². The van der Waals surface area contributed by atoms with Crippen LogP contribution in [0.3, 0.4) is 0 Å². The van der Waals surface area contributed by atoms with Crippen molar-refractivity contribution in [3.8, 4) is 0 Å². The molecule has 5 nitrogen and oxygen atoms in total. The number of hydrogen-bond acceptors (Lipinski definition) is 3. The lowest BCUT2D eigenvalue weighted by Crippen LogP contribution is -2.49. The summed E-state index contributed by atoms with van der Waals surface area (Å²) in [6, 6.07) is 5.57. The number of aryl methyl sites for hydroxylation is 1. The molecule has 2 aliphatic rings. The van der Waals surface area contributed by atoms with Gasteiger partial charge >= 0.3 is 0 Å². The number of benzene rings is 1. The van der Waals surface area contributed by atoms with Gasteiger partial charge in [0.05, 0.1) is 16.0 Å². The van der Waals surface area contributed by atoms with E-state index in [1.165, 1.54) is 11.1 Å². The highest BCUT2D eigenvalue weighted by molar-refractivity contribution is 6.42. The first-order valence-electron chi connectivity index (χ1n) is 8.74. The highest BCUT2D eigenvalue weighted by Gasteiger charge is 2.38.